The van der Waals surface area contributed by atoms with Crippen LogP contribution in [0, 0.1) is 5.82 Å². The number of allylic oxidation sites excluding steroid dienone is 2. The van der Waals surface area contributed by atoms with Gasteiger partial charge in [0, 0.05) is 29.6 Å². The Labute approximate surface area is 186 Å². The largest absolute Gasteiger partial charge is 0.455 e. The minimum Gasteiger partial charge on any atom is -0.455 e. The smallest absolute Gasteiger partial charge is 0.255 e. The fourth-order valence-corrected chi connectivity index (χ4v) is 3.89. The number of carbonyl (C=O) groups is 2. The van der Waals surface area contributed by atoms with E-state index in [1.807, 2.05) is 44.2 Å². The van der Waals surface area contributed by atoms with Gasteiger partial charge in [0.25, 0.3) is 11.8 Å². The van der Waals surface area contributed by atoms with Crippen LogP contribution < -0.4 is 10.6 Å². The molecule has 6 heteroatoms. The summed E-state index contributed by atoms with van der Waals surface area (Å²) in [6, 6.07) is 11.6. The van der Waals surface area contributed by atoms with E-state index < -0.39 is 0 Å². The molecule has 2 N–H and O–H groups in total. The van der Waals surface area contributed by atoms with E-state index in [4.69, 9.17) is 4.42 Å². The van der Waals surface area contributed by atoms with Gasteiger partial charge in [-0.05, 0) is 80.3 Å². The Morgan fingerprint density at radius 1 is 1.03 bits per heavy atom. The number of benzene rings is 2. The number of furan rings is 1. The van der Waals surface area contributed by atoms with Crippen LogP contribution >= 0.6 is 0 Å². The Bertz CT molecular complexity index is 1250. The molecule has 0 saturated carbocycles. The van der Waals surface area contributed by atoms with E-state index in [0.29, 0.717) is 33.4 Å². The van der Waals surface area contributed by atoms with Gasteiger partial charge in [-0.3, -0.25) is 9.59 Å². The molecule has 0 radical (unpaired) electrons. The Hall–Kier alpha value is -3.67. The van der Waals surface area contributed by atoms with E-state index >= 15 is 0 Å². The summed E-state index contributed by atoms with van der Waals surface area (Å²) in [7, 11) is 1.56. The zero-order chi connectivity index (χ0) is 22.8. The molecule has 1 aliphatic rings. The lowest BCUT2D eigenvalue weighted by atomic mass is 9.92. The van der Waals surface area contributed by atoms with Crippen molar-refractivity contribution in [3.05, 3.63) is 77.1 Å². The lowest BCUT2D eigenvalue weighted by Gasteiger charge is -2.15. The standard InChI is InChI=1S/C26H25FN2O3/c1-15(2)29-25(30)19-6-4-5-17(13-19)18-9-12-22-21(14-18)23(26(31)28-3)24(32-22)16-7-10-20(27)11-8-16/h6-15H,4-5H2,1-3H3,(H,28,31)(H,29,30). The maximum atomic E-state index is 13.4. The van der Waals surface area contributed by atoms with Gasteiger partial charge in [-0.15, -0.1) is 0 Å². The zero-order valence-corrected chi connectivity index (χ0v) is 18.3. The minimum absolute atomic E-state index is 0.0597. The molecule has 0 aliphatic heterocycles. The summed E-state index contributed by atoms with van der Waals surface area (Å²) in [5, 5.41) is 6.27. The normalized spacial score (nSPS) is 13.7. The third kappa shape index (κ3) is 4.21. The zero-order valence-electron chi connectivity index (χ0n) is 18.3. The van der Waals surface area contributed by atoms with Crippen molar-refractivity contribution in [1.29, 1.82) is 0 Å². The van der Waals surface area contributed by atoms with Crippen molar-refractivity contribution < 1.29 is 18.4 Å². The summed E-state index contributed by atoms with van der Waals surface area (Å²) in [5.74, 6) is -0.338. The topological polar surface area (TPSA) is 71.3 Å². The molecule has 164 valence electrons. The second-order valence-corrected chi connectivity index (χ2v) is 8.10. The van der Waals surface area contributed by atoms with E-state index in [9.17, 15) is 14.0 Å². The maximum absolute atomic E-state index is 13.4. The molecule has 3 aromatic rings. The van der Waals surface area contributed by atoms with E-state index in [0.717, 1.165) is 24.0 Å². The highest BCUT2D eigenvalue weighted by Gasteiger charge is 2.23. The maximum Gasteiger partial charge on any atom is 0.255 e. The first kappa shape index (κ1) is 21.6. The summed E-state index contributed by atoms with van der Waals surface area (Å²) in [4.78, 5) is 25.2. The predicted octanol–water partition coefficient (Wildman–Crippen LogP) is 5.23. The van der Waals surface area contributed by atoms with Crippen LogP contribution in [0.3, 0.4) is 0 Å². The van der Waals surface area contributed by atoms with E-state index in [-0.39, 0.29) is 23.7 Å². The van der Waals surface area contributed by atoms with Crippen LogP contribution in [0.5, 0.6) is 0 Å². The van der Waals surface area contributed by atoms with Crippen LogP contribution in [0.4, 0.5) is 4.39 Å². The molecule has 5 nitrogen and oxygen atoms in total. The van der Waals surface area contributed by atoms with E-state index in [1.165, 1.54) is 12.1 Å². The average molecular weight is 432 g/mol. The molecule has 1 aliphatic carbocycles. The second kappa shape index (κ2) is 8.83. The lowest BCUT2D eigenvalue weighted by Crippen LogP contribution is -2.31. The van der Waals surface area contributed by atoms with Crippen LogP contribution in [-0.4, -0.2) is 24.9 Å². The molecular formula is C26H25FN2O3. The molecule has 0 spiro atoms. The van der Waals surface area contributed by atoms with E-state index in [1.54, 1.807) is 19.2 Å². The molecule has 2 amide bonds. The minimum atomic E-state index is -0.358. The number of fused-ring (bicyclic) bond motifs is 1. The van der Waals surface area contributed by atoms with Gasteiger partial charge < -0.3 is 15.1 Å². The highest BCUT2D eigenvalue weighted by molar-refractivity contribution is 6.11. The molecule has 32 heavy (non-hydrogen) atoms. The summed E-state index contributed by atoms with van der Waals surface area (Å²) in [6.07, 6.45) is 5.41. The fourth-order valence-electron chi connectivity index (χ4n) is 3.89. The van der Waals surface area contributed by atoms with Gasteiger partial charge >= 0.3 is 0 Å². The second-order valence-electron chi connectivity index (χ2n) is 8.10. The van der Waals surface area contributed by atoms with Crippen LogP contribution in [0.15, 0.2) is 64.6 Å². The van der Waals surface area contributed by atoms with Gasteiger partial charge in [0.15, 0.2) is 0 Å². The van der Waals surface area contributed by atoms with Crippen molar-refractivity contribution in [2.75, 3.05) is 7.05 Å². The summed E-state index contributed by atoms with van der Waals surface area (Å²) in [5.41, 5.74) is 4.19. The molecule has 1 heterocycles. The van der Waals surface area contributed by atoms with Crippen molar-refractivity contribution in [3.63, 3.8) is 0 Å². The molecule has 0 fully saturated rings. The molecule has 0 bridgehead atoms. The number of halogens is 1. The highest BCUT2D eigenvalue weighted by atomic mass is 19.1. The molecule has 0 atom stereocenters. The monoisotopic (exact) mass is 432 g/mol. The van der Waals surface area contributed by atoms with Gasteiger partial charge in [-0.25, -0.2) is 4.39 Å². The quantitative estimate of drug-likeness (QED) is 0.580. The Balaban J connectivity index is 1.79. The van der Waals surface area contributed by atoms with Gasteiger partial charge in [-0.2, -0.15) is 0 Å². The SMILES string of the molecule is CNC(=O)c1c(-c2ccc(F)cc2)oc2ccc(C3=CC(C(=O)NC(C)C)=CCC3)cc12. The fraction of sp³-hybridized carbons (Fsp3) is 0.231. The van der Waals surface area contributed by atoms with Crippen molar-refractivity contribution in [1.82, 2.24) is 10.6 Å². The van der Waals surface area contributed by atoms with Crippen LogP contribution in [-0.2, 0) is 4.79 Å². The predicted molar refractivity (Wildman–Crippen MR) is 124 cm³/mol. The number of hydrogen-bond donors (Lipinski definition) is 2. The lowest BCUT2D eigenvalue weighted by molar-refractivity contribution is -0.117. The third-order valence-corrected chi connectivity index (χ3v) is 5.41. The molecular weight excluding hydrogens is 407 g/mol. The average Bonchev–Trinajstić information content (AvgIpc) is 3.17. The first-order valence-corrected chi connectivity index (χ1v) is 10.6. The van der Waals surface area contributed by atoms with Crippen molar-refractivity contribution >= 4 is 28.4 Å². The number of nitrogens with one attached hydrogen (secondary N) is 2. The number of rotatable bonds is 5. The van der Waals surface area contributed by atoms with Gasteiger partial charge in [0.2, 0.25) is 0 Å². The van der Waals surface area contributed by atoms with E-state index in [2.05, 4.69) is 10.6 Å². The Morgan fingerprint density at radius 3 is 2.44 bits per heavy atom. The third-order valence-electron chi connectivity index (χ3n) is 5.41. The summed E-state index contributed by atoms with van der Waals surface area (Å²) < 4.78 is 19.4. The first-order valence-electron chi connectivity index (χ1n) is 10.6. The van der Waals surface area contributed by atoms with Crippen LogP contribution in [0.25, 0.3) is 27.9 Å². The Kier molecular flexibility index (Phi) is 5.95. The van der Waals surface area contributed by atoms with Gasteiger partial charge in [0.05, 0.1) is 5.56 Å². The molecule has 1 aromatic heterocycles. The Morgan fingerprint density at radius 2 is 1.75 bits per heavy atom. The number of carbonyl (C=O) groups excluding carboxylic acids is 2. The van der Waals surface area contributed by atoms with Gasteiger partial charge in [0.1, 0.15) is 17.2 Å². The van der Waals surface area contributed by atoms with Crippen LogP contribution in [0.2, 0.25) is 0 Å². The molecule has 4 rings (SSSR count). The summed E-state index contributed by atoms with van der Waals surface area (Å²) >= 11 is 0. The highest BCUT2D eigenvalue weighted by Crippen LogP contribution is 2.36. The number of amides is 2. The molecule has 0 unspecified atom stereocenters. The summed E-state index contributed by atoms with van der Waals surface area (Å²) in [6.45, 7) is 3.86. The first-order chi connectivity index (χ1) is 15.4. The van der Waals surface area contributed by atoms with Crippen LogP contribution in [0.1, 0.15) is 42.6 Å². The van der Waals surface area contributed by atoms with Crippen molar-refractivity contribution in [2.24, 2.45) is 0 Å². The number of hydrogen-bond acceptors (Lipinski definition) is 3. The van der Waals surface area contributed by atoms with Crippen molar-refractivity contribution in [2.45, 2.75) is 32.7 Å². The molecule has 2 aromatic carbocycles. The molecule has 0 saturated heterocycles. The van der Waals surface area contributed by atoms with Gasteiger partial charge in [-0.1, -0.05) is 12.1 Å². The van der Waals surface area contributed by atoms with Crippen molar-refractivity contribution in [3.8, 4) is 11.3 Å².